The summed E-state index contributed by atoms with van der Waals surface area (Å²) in [6, 6.07) is 71.1. The quantitative estimate of drug-likeness (QED) is 0.131. The fourth-order valence-corrected chi connectivity index (χ4v) is 11.0. The van der Waals surface area contributed by atoms with Gasteiger partial charge in [0.05, 0.1) is 15.2 Å². The van der Waals surface area contributed by atoms with Gasteiger partial charge in [0.25, 0.3) is 0 Å². The number of nitrogens with zero attached hydrogens (tertiary/aromatic N) is 1. The molecule has 0 amide bonds. The van der Waals surface area contributed by atoms with Crippen molar-refractivity contribution in [2.45, 2.75) is 6.92 Å². The smallest absolute Gasteiger partial charge is 0.136 e. The second-order valence-electron chi connectivity index (χ2n) is 16.2. The number of fused-ring (bicyclic) bond motifs is 10. The molecule has 0 saturated carbocycles. The first-order valence-electron chi connectivity index (χ1n) is 20.9. The highest BCUT2D eigenvalue weighted by atomic mass is 32.1. The van der Waals surface area contributed by atoms with Gasteiger partial charge >= 0.3 is 0 Å². The van der Waals surface area contributed by atoms with E-state index in [1.165, 1.54) is 80.8 Å². The van der Waals surface area contributed by atoms with Gasteiger partial charge in [-0.25, -0.2) is 4.98 Å². The summed E-state index contributed by atoms with van der Waals surface area (Å²) in [5.41, 5.74) is 12.1. The van der Waals surface area contributed by atoms with E-state index in [1.807, 2.05) is 0 Å². The Hall–Kier alpha value is -7.59. The van der Waals surface area contributed by atoms with Crippen molar-refractivity contribution in [1.82, 2.24) is 4.98 Å². The second kappa shape index (κ2) is 13.2. The van der Waals surface area contributed by atoms with Crippen LogP contribution in [0.25, 0.3) is 131 Å². The molecular formula is C58H35NOS. The predicted octanol–water partition coefficient (Wildman–Crippen LogP) is 16.9. The third-order valence-electron chi connectivity index (χ3n) is 12.7. The number of thiazole rings is 1. The number of hydrogen-bond acceptors (Lipinski definition) is 3. The van der Waals surface area contributed by atoms with E-state index in [0.717, 1.165) is 54.7 Å². The molecule has 0 saturated heterocycles. The molecule has 2 aromatic heterocycles. The Balaban J connectivity index is 1.16. The summed E-state index contributed by atoms with van der Waals surface area (Å²) in [4.78, 5) is 5.18. The average molecular weight is 794 g/mol. The highest BCUT2D eigenvalue weighted by Crippen LogP contribution is 2.50. The normalized spacial score (nSPS) is 12.0. The Morgan fingerprint density at radius 2 is 0.984 bits per heavy atom. The van der Waals surface area contributed by atoms with Crippen LogP contribution >= 0.6 is 11.3 Å². The van der Waals surface area contributed by atoms with Crippen LogP contribution < -0.4 is 0 Å². The fraction of sp³-hybridized carbons (Fsp3) is 0.0172. The molecule has 284 valence electrons. The van der Waals surface area contributed by atoms with Crippen molar-refractivity contribution >= 4 is 97.4 Å². The summed E-state index contributed by atoms with van der Waals surface area (Å²) in [5.74, 6) is 0. The number of benzene rings is 11. The maximum atomic E-state index is 6.97. The standard InChI is InChI=1S/C58H35NOS/c1-34-59-58-53(61-34)33-38-16-6-8-18-44(38)55(58)41-31-50(57-49-30-37(35-13-3-2-4-14-35)26-28-51(49)60-52(57)32-41)56-47-21-11-9-19-45(47)54(46-20-10-12-22-48(46)56)40-25-27-43-39(29-40)24-23-36-15-5-7-17-42(36)43/h2-33H,1H3. The minimum Gasteiger partial charge on any atom is -0.456 e. The number of hydrogen-bond donors (Lipinski definition) is 0. The van der Waals surface area contributed by atoms with Crippen LogP contribution in [0.4, 0.5) is 0 Å². The van der Waals surface area contributed by atoms with Gasteiger partial charge < -0.3 is 4.42 Å². The molecule has 0 atom stereocenters. The topological polar surface area (TPSA) is 26.0 Å². The summed E-state index contributed by atoms with van der Waals surface area (Å²) in [5, 5.41) is 15.5. The van der Waals surface area contributed by atoms with E-state index in [0.29, 0.717) is 0 Å². The Kier molecular flexibility index (Phi) is 7.42. The van der Waals surface area contributed by atoms with Crippen LogP contribution in [0.3, 0.4) is 0 Å². The molecule has 0 bridgehead atoms. The molecule has 0 aliphatic rings. The van der Waals surface area contributed by atoms with Gasteiger partial charge in [0.2, 0.25) is 0 Å². The number of aryl methyl sites for hydroxylation is 1. The molecule has 13 rings (SSSR count). The first-order chi connectivity index (χ1) is 30.1. The van der Waals surface area contributed by atoms with Crippen LogP contribution in [0, 0.1) is 6.92 Å². The first kappa shape index (κ1) is 34.3. The van der Waals surface area contributed by atoms with Gasteiger partial charge in [0.15, 0.2) is 0 Å². The van der Waals surface area contributed by atoms with Crippen molar-refractivity contribution < 1.29 is 4.42 Å². The van der Waals surface area contributed by atoms with Crippen molar-refractivity contribution in [3.05, 3.63) is 199 Å². The highest BCUT2D eigenvalue weighted by molar-refractivity contribution is 7.18. The molecule has 61 heavy (non-hydrogen) atoms. The zero-order chi connectivity index (χ0) is 40.2. The molecule has 13 aromatic rings. The SMILES string of the molecule is Cc1nc2c(-c3cc(-c4c5ccccc5c(-c5ccc6c(ccc7ccccc76)c5)c5ccccc45)c4c(c3)oc3ccc(-c5ccccc5)cc34)c3ccccc3cc2s1. The Morgan fingerprint density at radius 1 is 0.377 bits per heavy atom. The lowest BCUT2D eigenvalue weighted by atomic mass is 9.83. The van der Waals surface area contributed by atoms with Gasteiger partial charge in [-0.1, -0.05) is 158 Å². The van der Waals surface area contributed by atoms with E-state index in [9.17, 15) is 0 Å². The van der Waals surface area contributed by atoms with E-state index in [-0.39, 0.29) is 0 Å². The van der Waals surface area contributed by atoms with Crippen LogP contribution in [-0.4, -0.2) is 4.98 Å². The molecule has 0 fully saturated rings. The average Bonchev–Trinajstić information content (AvgIpc) is 3.88. The van der Waals surface area contributed by atoms with Crippen LogP contribution in [-0.2, 0) is 0 Å². The summed E-state index contributed by atoms with van der Waals surface area (Å²) in [6.45, 7) is 2.11. The lowest BCUT2D eigenvalue weighted by Crippen LogP contribution is -1.93. The number of aromatic nitrogens is 1. The minimum absolute atomic E-state index is 0.861. The second-order valence-corrected chi connectivity index (χ2v) is 17.4. The Labute approximate surface area is 355 Å². The molecule has 0 spiro atoms. The summed E-state index contributed by atoms with van der Waals surface area (Å²) in [7, 11) is 0. The molecule has 0 N–H and O–H groups in total. The summed E-state index contributed by atoms with van der Waals surface area (Å²) in [6.07, 6.45) is 0. The van der Waals surface area contributed by atoms with Crippen LogP contribution in [0.2, 0.25) is 0 Å². The van der Waals surface area contributed by atoms with Crippen LogP contribution in [0.5, 0.6) is 0 Å². The lowest BCUT2D eigenvalue weighted by Gasteiger charge is -2.19. The molecule has 0 aliphatic heterocycles. The van der Waals surface area contributed by atoms with Gasteiger partial charge in [0, 0.05) is 16.3 Å². The van der Waals surface area contributed by atoms with Gasteiger partial charge in [-0.05, 0) is 136 Å². The number of furan rings is 1. The van der Waals surface area contributed by atoms with Crippen molar-refractivity contribution in [2.24, 2.45) is 0 Å². The molecule has 2 heterocycles. The first-order valence-corrected chi connectivity index (χ1v) is 21.7. The molecule has 2 nitrogen and oxygen atoms in total. The summed E-state index contributed by atoms with van der Waals surface area (Å²) < 4.78 is 8.16. The molecule has 0 unspecified atom stereocenters. The molecular weight excluding hydrogens is 759 g/mol. The highest BCUT2D eigenvalue weighted by Gasteiger charge is 2.24. The maximum absolute atomic E-state index is 6.97. The third kappa shape index (κ3) is 5.24. The Morgan fingerprint density at radius 3 is 1.75 bits per heavy atom. The van der Waals surface area contributed by atoms with Crippen molar-refractivity contribution in [3.63, 3.8) is 0 Å². The van der Waals surface area contributed by atoms with Crippen molar-refractivity contribution in [2.75, 3.05) is 0 Å². The molecule has 0 aliphatic carbocycles. The minimum atomic E-state index is 0.861. The zero-order valence-electron chi connectivity index (χ0n) is 33.2. The number of rotatable bonds is 4. The third-order valence-corrected chi connectivity index (χ3v) is 13.6. The van der Waals surface area contributed by atoms with E-state index in [1.54, 1.807) is 11.3 Å². The zero-order valence-corrected chi connectivity index (χ0v) is 34.1. The molecule has 3 heteroatoms. The van der Waals surface area contributed by atoms with Crippen LogP contribution in [0.1, 0.15) is 5.01 Å². The van der Waals surface area contributed by atoms with Gasteiger partial charge in [0.1, 0.15) is 11.2 Å². The van der Waals surface area contributed by atoms with E-state index >= 15 is 0 Å². The molecule has 11 aromatic carbocycles. The van der Waals surface area contributed by atoms with Gasteiger partial charge in [-0.15, -0.1) is 11.3 Å². The van der Waals surface area contributed by atoms with Crippen molar-refractivity contribution in [1.29, 1.82) is 0 Å². The largest absolute Gasteiger partial charge is 0.456 e. The van der Waals surface area contributed by atoms with Crippen molar-refractivity contribution in [3.8, 4) is 44.5 Å². The van der Waals surface area contributed by atoms with Crippen LogP contribution in [0.15, 0.2) is 199 Å². The summed E-state index contributed by atoms with van der Waals surface area (Å²) >= 11 is 1.75. The van der Waals surface area contributed by atoms with Gasteiger partial charge in [-0.2, -0.15) is 0 Å². The maximum Gasteiger partial charge on any atom is 0.136 e. The predicted molar refractivity (Wildman–Crippen MR) is 261 cm³/mol. The van der Waals surface area contributed by atoms with E-state index in [4.69, 9.17) is 9.40 Å². The van der Waals surface area contributed by atoms with Gasteiger partial charge in [-0.3, -0.25) is 0 Å². The fourth-order valence-electron chi connectivity index (χ4n) is 10.1. The molecule has 0 radical (unpaired) electrons. The van der Waals surface area contributed by atoms with E-state index < -0.39 is 0 Å². The Bertz CT molecular complexity index is 3890. The lowest BCUT2D eigenvalue weighted by molar-refractivity contribution is 0.669. The van der Waals surface area contributed by atoms with E-state index in [2.05, 4.69) is 201 Å². The monoisotopic (exact) mass is 793 g/mol.